The quantitative estimate of drug-likeness (QED) is 0.662. The van der Waals surface area contributed by atoms with E-state index in [0.29, 0.717) is 36.6 Å². The summed E-state index contributed by atoms with van der Waals surface area (Å²) < 4.78 is 10.8. The average Bonchev–Trinajstić information content (AvgIpc) is 3.19. The fourth-order valence-electron chi connectivity index (χ4n) is 3.30. The first-order chi connectivity index (χ1) is 13.4. The van der Waals surface area contributed by atoms with Gasteiger partial charge in [-0.25, -0.2) is 4.68 Å². The third-order valence-corrected chi connectivity index (χ3v) is 5.15. The molecule has 9 nitrogen and oxygen atoms in total. The van der Waals surface area contributed by atoms with E-state index in [9.17, 15) is 4.79 Å². The Labute approximate surface area is 162 Å². The van der Waals surface area contributed by atoms with Gasteiger partial charge < -0.3 is 10.1 Å². The van der Waals surface area contributed by atoms with Crippen molar-refractivity contribution in [3.8, 4) is 5.88 Å². The molecule has 0 aromatic carbocycles. The largest absolute Gasteiger partial charge is 0.476 e. The van der Waals surface area contributed by atoms with Crippen LogP contribution in [0.1, 0.15) is 29.4 Å². The van der Waals surface area contributed by atoms with Crippen molar-refractivity contribution in [1.29, 1.82) is 0 Å². The highest BCUT2D eigenvalue weighted by Crippen LogP contribution is 2.46. The first kappa shape index (κ1) is 18.3. The predicted molar refractivity (Wildman–Crippen MR) is 104 cm³/mol. The third kappa shape index (κ3) is 3.78. The molecule has 0 saturated heterocycles. The zero-order chi connectivity index (χ0) is 19.8. The van der Waals surface area contributed by atoms with Crippen LogP contribution in [-0.4, -0.2) is 35.9 Å². The van der Waals surface area contributed by atoms with Gasteiger partial charge in [0.2, 0.25) is 5.88 Å². The van der Waals surface area contributed by atoms with Crippen LogP contribution < -0.4 is 15.6 Å². The molecule has 1 fully saturated rings. The van der Waals surface area contributed by atoms with Crippen molar-refractivity contribution in [1.82, 2.24) is 29.3 Å². The molecule has 1 saturated carbocycles. The summed E-state index contributed by atoms with van der Waals surface area (Å²) in [5.41, 5.74) is 3.30. The number of ether oxygens (including phenoxy) is 1. The Hall–Kier alpha value is -3.10. The standard InChI is InChI=1S/C19H25N7O2/c1-12-7-14(21-25(12)3)10-20-17-9-18(23-26(4)19(17)27)28-11-13-8-15(13)16-5-6-24(2)22-16/h5-7,9,13,15,20H,8,10-11H2,1-4H3. The van der Waals surface area contributed by atoms with E-state index >= 15 is 0 Å². The SMILES string of the molecule is Cc1cc(CNc2cc(OCC3CC3c3ccn(C)n3)nn(C)c2=O)nn1C. The predicted octanol–water partition coefficient (Wildman–Crippen LogP) is 1.35. The zero-order valence-corrected chi connectivity index (χ0v) is 16.6. The topological polar surface area (TPSA) is 91.8 Å². The first-order valence-electron chi connectivity index (χ1n) is 9.35. The van der Waals surface area contributed by atoms with Crippen LogP contribution in [0.15, 0.2) is 29.2 Å². The van der Waals surface area contributed by atoms with E-state index in [4.69, 9.17) is 4.74 Å². The molecule has 1 aliphatic carbocycles. The van der Waals surface area contributed by atoms with E-state index in [2.05, 4.69) is 26.7 Å². The van der Waals surface area contributed by atoms with Crippen LogP contribution in [0.3, 0.4) is 0 Å². The molecule has 3 aromatic heterocycles. The summed E-state index contributed by atoms with van der Waals surface area (Å²) in [6.45, 7) is 3.01. The molecule has 0 bridgehead atoms. The summed E-state index contributed by atoms with van der Waals surface area (Å²) in [4.78, 5) is 12.4. The number of hydrogen-bond donors (Lipinski definition) is 1. The van der Waals surface area contributed by atoms with E-state index in [0.717, 1.165) is 23.5 Å². The highest BCUT2D eigenvalue weighted by atomic mass is 16.5. The average molecular weight is 383 g/mol. The van der Waals surface area contributed by atoms with Crippen LogP contribution in [0.25, 0.3) is 0 Å². The second-order valence-corrected chi connectivity index (χ2v) is 7.41. The minimum absolute atomic E-state index is 0.196. The molecule has 0 spiro atoms. The molecule has 1 aliphatic rings. The van der Waals surface area contributed by atoms with Crippen molar-refractivity contribution in [3.05, 3.63) is 51.8 Å². The van der Waals surface area contributed by atoms with Crippen LogP contribution in [-0.2, 0) is 27.7 Å². The van der Waals surface area contributed by atoms with Crippen LogP contribution in [0.5, 0.6) is 5.88 Å². The van der Waals surface area contributed by atoms with Crippen molar-refractivity contribution < 1.29 is 4.74 Å². The molecular formula is C19H25N7O2. The van der Waals surface area contributed by atoms with Crippen LogP contribution in [0, 0.1) is 12.8 Å². The number of nitrogens with one attached hydrogen (secondary N) is 1. The molecule has 0 amide bonds. The zero-order valence-electron chi connectivity index (χ0n) is 16.6. The molecule has 2 unspecified atom stereocenters. The van der Waals surface area contributed by atoms with E-state index in [1.54, 1.807) is 13.1 Å². The van der Waals surface area contributed by atoms with Gasteiger partial charge in [0, 0.05) is 50.9 Å². The summed E-state index contributed by atoms with van der Waals surface area (Å²) in [5.74, 6) is 1.31. The normalized spacial score (nSPS) is 18.3. The summed E-state index contributed by atoms with van der Waals surface area (Å²) in [6.07, 6.45) is 3.02. The van der Waals surface area contributed by atoms with Crippen molar-refractivity contribution in [2.24, 2.45) is 27.1 Å². The van der Waals surface area contributed by atoms with Crippen molar-refractivity contribution >= 4 is 5.69 Å². The lowest BCUT2D eigenvalue weighted by atomic mass is 10.2. The molecular weight excluding hydrogens is 358 g/mol. The van der Waals surface area contributed by atoms with E-state index in [1.807, 2.05) is 42.6 Å². The number of hydrogen-bond acceptors (Lipinski definition) is 6. The Balaban J connectivity index is 1.39. The van der Waals surface area contributed by atoms with Gasteiger partial charge in [0.15, 0.2) is 0 Å². The minimum atomic E-state index is -0.196. The van der Waals surface area contributed by atoms with Crippen molar-refractivity contribution in [3.63, 3.8) is 0 Å². The van der Waals surface area contributed by atoms with Gasteiger partial charge >= 0.3 is 0 Å². The van der Waals surface area contributed by atoms with Crippen molar-refractivity contribution in [2.45, 2.75) is 25.8 Å². The maximum absolute atomic E-state index is 12.4. The highest BCUT2D eigenvalue weighted by molar-refractivity contribution is 5.43. The molecule has 9 heteroatoms. The van der Waals surface area contributed by atoms with Crippen LogP contribution >= 0.6 is 0 Å². The Morgan fingerprint density at radius 1 is 1.18 bits per heavy atom. The fourth-order valence-corrected chi connectivity index (χ4v) is 3.30. The van der Waals surface area contributed by atoms with Gasteiger partial charge in [-0.15, -0.1) is 5.10 Å². The van der Waals surface area contributed by atoms with Gasteiger partial charge in [-0.2, -0.15) is 10.2 Å². The lowest BCUT2D eigenvalue weighted by Crippen LogP contribution is -2.24. The maximum Gasteiger partial charge on any atom is 0.290 e. The minimum Gasteiger partial charge on any atom is -0.476 e. The number of anilines is 1. The van der Waals surface area contributed by atoms with Crippen molar-refractivity contribution in [2.75, 3.05) is 11.9 Å². The summed E-state index contributed by atoms with van der Waals surface area (Å²) in [6, 6.07) is 5.70. The molecule has 148 valence electrons. The smallest absolute Gasteiger partial charge is 0.290 e. The number of nitrogens with zero attached hydrogens (tertiary/aromatic N) is 6. The summed E-state index contributed by atoms with van der Waals surface area (Å²) in [7, 11) is 5.44. The van der Waals surface area contributed by atoms with Gasteiger partial charge in [-0.05, 0) is 25.5 Å². The molecule has 1 N–H and O–H groups in total. The first-order valence-corrected chi connectivity index (χ1v) is 9.35. The van der Waals surface area contributed by atoms with E-state index in [1.165, 1.54) is 4.68 Å². The third-order valence-electron chi connectivity index (χ3n) is 5.15. The molecule has 3 aromatic rings. The Morgan fingerprint density at radius 2 is 2.00 bits per heavy atom. The fraction of sp³-hybridized carbons (Fsp3) is 0.474. The number of aryl methyl sites for hydroxylation is 4. The van der Waals surface area contributed by atoms with E-state index < -0.39 is 0 Å². The Kier molecular flexibility index (Phi) is 4.66. The Bertz CT molecular complexity index is 1030. The molecule has 2 atom stereocenters. The van der Waals surface area contributed by atoms with Gasteiger partial charge in [-0.1, -0.05) is 0 Å². The molecule has 0 aliphatic heterocycles. The molecule has 28 heavy (non-hydrogen) atoms. The van der Waals surface area contributed by atoms with Crippen LogP contribution in [0.2, 0.25) is 0 Å². The lowest BCUT2D eigenvalue weighted by molar-refractivity contribution is 0.278. The van der Waals surface area contributed by atoms with E-state index in [-0.39, 0.29) is 5.56 Å². The summed E-state index contributed by atoms with van der Waals surface area (Å²) >= 11 is 0. The second-order valence-electron chi connectivity index (χ2n) is 7.41. The number of rotatable bonds is 7. The molecule has 0 radical (unpaired) electrons. The van der Waals surface area contributed by atoms with Gasteiger partial charge in [0.1, 0.15) is 5.69 Å². The molecule has 3 heterocycles. The highest BCUT2D eigenvalue weighted by Gasteiger charge is 2.40. The Morgan fingerprint density at radius 3 is 2.68 bits per heavy atom. The number of aromatic nitrogens is 6. The van der Waals surface area contributed by atoms with Crippen LogP contribution in [0.4, 0.5) is 5.69 Å². The van der Waals surface area contributed by atoms with Gasteiger partial charge in [-0.3, -0.25) is 14.2 Å². The molecule has 4 rings (SSSR count). The summed E-state index contributed by atoms with van der Waals surface area (Å²) in [5, 5.41) is 16.2. The van der Waals surface area contributed by atoms with Gasteiger partial charge in [0.05, 0.1) is 24.5 Å². The lowest BCUT2D eigenvalue weighted by Gasteiger charge is -2.10. The maximum atomic E-state index is 12.4. The second kappa shape index (κ2) is 7.14. The van der Waals surface area contributed by atoms with Gasteiger partial charge in [0.25, 0.3) is 5.56 Å². The monoisotopic (exact) mass is 383 g/mol.